The van der Waals surface area contributed by atoms with E-state index >= 15 is 0 Å². The Morgan fingerprint density at radius 3 is 2.73 bits per heavy atom. The minimum atomic E-state index is -5.01. The van der Waals surface area contributed by atoms with Crippen LogP contribution in [0.1, 0.15) is 30.1 Å². The fourth-order valence-electron chi connectivity index (χ4n) is 2.13. The number of amides is 1. The van der Waals surface area contributed by atoms with Crippen LogP contribution in [0.15, 0.2) is 29.4 Å². The van der Waals surface area contributed by atoms with Crippen LogP contribution in [0.4, 0.5) is 13.2 Å². The van der Waals surface area contributed by atoms with Gasteiger partial charge in [-0.05, 0) is 24.6 Å². The Morgan fingerprint density at radius 1 is 1.50 bits per heavy atom. The minimum absolute atomic E-state index is 0.0527. The second kappa shape index (κ2) is 5.60. The van der Waals surface area contributed by atoms with Gasteiger partial charge in [-0.3, -0.25) is 4.79 Å². The molecule has 1 heterocycles. The van der Waals surface area contributed by atoms with Gasteiger partial charge in [0.1, 0.15) is 5.75 Å². The van der Waals surface area contributed by atoms with E-state index in [0.29, 0.717) is 5.75 Å². The summed E-state index contributed by atoms with van der Waals surface area (Å²) in [5.74, 6) is -0.720. The normalized spacial score (nSPS) is 21.7. The lowest BCUT2D eigenvalue weighted by Gasteiger charge is -2.32. The Bertz CT molecular complexity index is 616. The zero-order valence-electron chi connectivity index (χ0n) is 12.0. The van der Waals surface area contributed by atoms with E-state index in [2.05, 4.69) is 5.10 Å². The van der Waals surface area contributed by atoms with Gasteiger partial charge in [0, 0.05) is 17.7 Å². The van der Waals surface area contributed by atoms with Crippen LogP contribution in [-0.4, -0.2) is 40.7 Å². The van der Waals surface area contributed by atoms with Gasteiger partial charge in [0.25, 0.3) is 11.6 Å². The second-order valence-electron chi connectivity index (χ2n) is 4.86. The number of carbonyl (C=O) groups excluding carboxylic acids is 1. The molecule has 0 bridgehead atoms. The van der Waals surface area contributed by atoms with Gasteiger partial charge in [0.05, 0.1) is 7.11 Å². The van der Waals surface area contributed by atoms with Crippen LogP contribution in [0.25, 0.3) is 0 Å². The van der Waals surface area contributed by atoms with Crippen LogP contribution in [0, 0.1) is 0 Å². The lowest BCUT2D eigenvalue weighted by Crippen LogP contribution is -2.56. The number of hydrazone groups is 1. The Labute approximate surface area is 125 Å². The Hall–Kier alpha value is -2.09. The Morgan fingerprint density at radius 2 is 2.18 bits per heavy atom. The van der Waals surface area contributed by atoms with Crippen molar-refractivity contribution in [3.63, 3.8) is 0 Å². The summed E-state index contributed by atoms with van der Waals surface area (Å²) >= 11 is 0. The fourth-order valence-corrected chi connectivity index (χ4v) is 2.13. The van der Waals surface area contributed by atoms with E-state index < -0.39 is 24.2 Å². The first kappa shape index (κ1) is 16.3. The zero-order chi connectivity index (χ0) is 16.5. The van der Waals surface area contributed by atoms with E-state index in [-0.39, 0.29) is 22.7 Å². The number of aliphatic hydroxyl groups is 1. The first-order valence-corrected chi connectivity index (χ1v) is 6.57. The smallest absolute Gasteiger partial charge is 0.438 e. The molecule has 1 atom stereocenters. The molecular weight excluding hydrogens is 301 g/mol. The zero-order valence-corrected chi connectivity index (χ0v) is 12.0. The summed E-state index contributed by atoms with van der Waals surface area (Å²) in [6, 6.07) is 5.65. The maximum atomic E-state index is 13.2. The minimum Gasteiger partial charge on any atom is -0.497 e. The van der Waals surface area contributed by atoms with E-state index in [1.54, 1.807) is 13.0 Å². The highest BCUT2D eigenvalue weighted by Crippen LogP contribution is 2.41. The van der Waals surface area contributed by atoms with Gasteiger partial charge >= 0.3 is 6.18 Å². The van der Waals surface area contributed by atoms with E-state index in [4.69, 9.17) is 4.74 Å². The van der Waals surface area contributed by atoms with E-state index in [9.17, 15) is 23.1 Å². The van der Waals surface area contributed by atoms with Gasteiger partial charge < -0.3 is 9.84 Å². The third-order valence-corrected chi connectivity index (χ3v) is 3.41. The molecule has 1 amide bonds. The number of benzene rings is 1. The maximum absolute atomic E-state index is 13.2. The number of nitrogens with zero attached hydrogens (tertiary/aromatic N) is 2. The molecule has 0 spiro atoms. The summed E-state index contributed by atoms with van der Waals surface area (Å²) < 4.78 is 44.5. The molecule has 1 aliphatic heterocycles. The molecule has 0 aromatic heterocycles. The lowest BCUT2D eigenvalue weighted by molar-refractivity contribution is -0.297. The van der Waals surface area contributed by atoms with Crippen molar-refractivity contribution < 1.29 is 27.8 Å². The van der Waals surface area contributed by atoms with Crippen molar-refractivity contribution in [3.05, 3.63) is 29.8 Å². The molecule has 1 aromatic carbocycles. The van der Waals surface area contributed by atoms with Crippen molar-refractivity contribution in [2.45, 2.75) is 31.7 Å². The van der Waals surface area contributed by atoms with Crippen LogP contribution in [0.3, 0.4) is 0 Å². The van der Waals surface area contributed by atoms with Crippen LogP contribution in [0.2, 0.25) is 0 Å². The summed E-state index contributed by atoms with van der Waals surface area (Å²) in [6.07, 6.45) is -5.55. The number of rotatable bonds is 3. The Balaban J connectivity index is 2.42. The highest BCUT2D eigenvalue weighted by atomic mass is 19.4. The third kappa shape index (κ3) is 2.66. The van der Waals surface area contributed by atoms with E-state index in [1.807, 2.05) is 0 Å². The number of hydrogen-bond acceptors (Lipinski definition) is 4. The molecule has 8 heteroatoms. The van der Waals surface area contributed by atoms with E-state index in [0.717, 1.165) is 0 Å². The number of alkyl halides is 3. The molecule has 0 aliphatic carbocycles. The van der Waals surface area contributed by atoms with Gasteiger partial charge in [-0.1, -0.05) is 13.0 Å². The molecule has 0 radical (unpaired) electrons. The average molecular weight is 316 g/mol. The molecule has 5 nitrogen and oxygen atoms in total. The van der Waals surface area contributed by atoms with Crippen LogP contribution >= 0.6 is 0 Å². The molecule has 0 fully saturated rings. The molecule has 2 rings (SSSR count). The monoisotopic (exact) mass is 316 g/mol. The summed E-state index contributed by atoms with van der Waals surface area (Å²) in [7, 11) is 1.37. The predicted molar refractivity (Wildman–Crippen MR) is 72.5 cm³/mol. The van der Waals surface area contributed by atoms with Gasteiger partial charge in [0.2, 0.25) is 0 Å². The standard InChI is InChI=1S/C14H15F3N2O3/c1-3-10-8-13(21,14(15,16)17)19(18-10)12(20)9-5-4-6-11(7-9)22-2/h4-7,21H,3,8H2,1-2H3. The predicted octanol–water partition coefficient (Wildman–Crippen LogP) is 2.56. The van der Waals surface area contributed by atoms with Gasteiger partial charge in [0.15, 0.2) is 0 Å². The molecule has 0 saturated carbocycles. The van der Waals surface area contributed by atoms with Crippen molar-refractivity contribution in [2.24, 2.45) is 5.10 Å². The van der Waals surface area contributed by atoms with Crippen LogP contribution < -0.4 is 4.74 Å². The van der Waals surface area contributed by atoms with E-state index in [1.165, 1.54) is 25.3 Å². The molecule has 0 saturated heterocycles. The van der Waals surface area contributed by atoms with Gasteiger partial charge in [-0.25, -0.2) is 0 Å². The van der Waals surface area contributed by atoms with Crippen LogP contribution in [-0.2, 0) is 0 Å². The summed E-state index contributed by atoms with van der Waals surface area (Å²) in [5, 5.41) is 13.7. The topological polar surface area (TPSA) is 62.1 Å². The largest absolute Gasteiger partial charge is 0.497 e. The van der Waals surface area contributed by atoms with Crippen molar-refractivity contribution in [3.8, 4) is 5.75 Å². The highest BCUT2D eigenvalue weighted by molar-refractivity contribution is 5.98. The van der Waals surface area contributed by atoms with Gasteiger partial charge in [-0.2, -0.15) is 23.3 Å². The lowest BCUT2D eigenvalue weighted by atomic mass is 10.0. The third-order valence-electron chi connectivity index (χ3n) is 3.41. The van der Waals surface area contributed by atoms with Gasteiger partial charge in [-0.15, -0.1) is 0 Å². The summed E-state index contributed by atoms with van der Waals surface area (Å²) in [4.78, 5) is 12.3. The molecule has 1 aliphatic rings. The van der Waals surface area contributed by atoms with Crippen molar-refractivity contribution in [1.82, 2.24) is 5.01 Å². The molecular formula is C14H15F3N2O3. The second-order valence-corrected chi connectivity index (χ2v) is 4.86. The van der Waals surface area contributed by atoms with Crippen molar-refractivity contribution in [2.75, 3.05) is 7.11 Å². The van der Waals surface area contributed by atoms with Crippen LogP contribution in [0.5, 0.6) is 5.75 Å². The quantitative estimate of drug-likeness (QED) is 0.932. The maximum Gasteiger partial charge on any atom is 0.438 e. The summed E-state index contributed by atoms with van der Waals surface area (Å²) in [5.41, 5.74) is -3.27. The Kier molecular flexibility index (Phi) is 4.15. The number of halogens is 3. The summed E-state index contributed by atoms with van der Waals surface area (Å²) in [6.45, 7) is 1.61. The molecule has 120 valence electrons. The molecule has 22 heavy (non-hydrogen) atoms. The fraction of sp³-hybridized carbons (Fsp3) is 0.429. The number of methoxy groups -OCH3 is 1. The molecule has 1 N–H and O–H groups in total. The molecule has 1 aromatic rings. The number of ether oxygens (including phenoxy) is 1. The molecule has 1 unspecified atom stereocenters. The highest BCUT2D eigenvalue weighted by Gasteiger charge is 2.63. The number of hydrogen-bond donors (Lipinski definition) is 1. The first-order valence-electron chi connectivity index (χ1n) is 6.57. The number of carbonyl (C=O) groups is 1. The van der Waals surface area contributed by atoms with Crippen molar-refractivity contribution in [1.29, 1.82) is 0 Å². The average Bonchev–Trinajstić information content (AvgIpc) is 2.84. The SMILES string of the molecule is CCC1=NN(C(=O)c2cccc(OC)c2)C(O)(C(F)(F)F)C1. The van der Waals surface area contributed by atoms with Crippen molar-refractivity contribution >= 4 is 11.6 Å². The first-order chi connectivity index (χ1) is 10.2.